The molecule has 292 valence electrons. The van der Waals surface area contributed by atoms with Crippen LogP contribution in [0.25, 0.3) is 33.6 Å². The van der Waals surface area contributed by atoms with Gasteiger partial charge in [-0.05, 0) is 65.8 Å². The van der Waals surface area contributed by atoms with E-state index in [0.29, 0.717) is 18.9 Å². The van der Waals surface area contributed by atoms with Crippen molar-refractivity contribution < 1.29 is 19.4 Å². The van der Waals surface area contributed by atoms with E-state index in [1.54, 1.807) is 12.3 Å². The molecule has 5 aromatic rings. The number of nitrogens with one attached hydrogen (secondary N) is 3. The van der Waals surface area contributed by atoms with Gasteiger partial charge in [-0.25, -0.2) is 24.9 Å². The summed E-state index contributed by atoms with van der Waals surface area (Å²) < 4.78 is 0. The van der Waals surface area contributed by atoms with Crippen LogP contribution in [0.5, 0.6) is 0 Å². The van der Waals surface area contributed by atoms with Crippen LogP contribution in [0.3, 0.4) is 0 Å². The van der Waals surface area contributed by atoms with Gasteiger partial charge in [-0.2, -0.15) is 4.89 Å². The third kappa shape index (κ3) is 8.35. The number of benzene rings is 2. The minimum Gasteiger partial charge on any atom is -0.358 e. The van der Waals surface area contributed by atoms with E-state index in [1.165, 1.54) is 19.8 Å². The van der Waals surface area contributed by atoms with E-state index < -0.39 is 12.1 Å². The molecule has 2 fully saturated rings. The van der Waals surface area contributed by atoms with Gasteiger partial charge in [-0.3, -0.25) is 9.59 Å². The van der Waals surface area contributed by atoms with Gasteiger partial charge in [-0.1, -0.05) is 76.2 Å². The Hall–Kier alpha value is -5.89. The van der Waals surface area contributed by atoms with E-state index in [1.807, 2.05) is 49.9 Å². The molecule has 3 N–H and O–H groups in total. The highest BCUT2D eigenvalue weighted by Gasteiger charge is 2.38. The second-order valence-electron chi connectivity index (χ2n) is 15.1. The molecule has 0 spiro atoms. The highest BCUT2D eigenvalue weighted by Crippen LogP contribution is 2.35. The van der Waals surface area contributed by atoms with Gasteiger partial charge in [-0.15, -0.1) is 0 Å². The zero-order chi connectivity index (χ0) is 39.2. The zero-order valence-electron chi connectivity index (χ0n) is 32.6. The zero-order valence-corrected chi connectivity index (χ0v) is 32.6. The third-order valence-corrected chi connectivity index (χ3v) is 10.7. The Bertz CT molecular complexity index is 2100. The van der Waals surface area contributed by atoms with Crippen molar-refractivity contribution >= 4 is 24.0 Å². The van der Waals surface area contributed by atoms with Gasteiger partial charge in [0.1, 0.15) is 35.9 Å². The van der Waals surface area contributed by atoms with E-state index in [0.717, 1.165) is 71.0 Å². The Morgan fingerprint density at radius 3 is 1.79 bits per heavy atom. The monoisotopic (exact) mass is 758 g/mol. The highest BCUT2D eigenvalue weighted by atomic mass is 17.2. The average Bonchev–Trinajstić information content (AvgIpc) is 4.06. The molecule has 0 saturated carbocycles. The fourth-order valence-electron chi connectivity index (χ4n) is 7.67. The minimum absolute atomic E-state index is 0.00403. The summed E-state index contributed by atoms with van der Waals surface area (Å²) in [6.45, 7) is 9.36. The van der Waals surface area contributed by atoms with Gasteiger partial charge in [0.15, 0.2) is 0 Å². The molecule has 4 atom stereocenters. The first-order chi connectivity index (χ1) is 27.2. The predicted molar refractivity (Wildman–Crippen MR) is 214 cm³/mol. The molecular weight excluding hydrogens is 709 g/mol. The number of aromatic nitrogens is 6. The molecule has 0 aliphatic carbocycles. The van der Waals surface area contributed by atoms with Crippen molar-refractivity contribution in [2.75, 3.05) is 25.5 Å². The first kappa shape index (κ1) is 38.4. The molecule has 5 heterocycles. The second kappa shape index (κ2) is 17.3. The van der Waals surface area contributed by atoms with E-state index in [-0.39, 0.29) is 35.7 Å². The number of amides is 2. The van der Waals surface area contributed by atoms with Crippen LogP contribution < -0.4 is 5.32 Å². The molecule has 2 aliphatic heterocycles. The largest absolute Gasteiger partial charge is 0.358 e. The summed E-state index contributed by atoms with van der Waals surface area (Å²) in [7, 11) is 1.40. The Kier molecular flexibility index (Phi) is 11.8. The Labute approximate surface area is 327 Å². The Morgan fingerprint density at radius 2 is 1.30 bits per heavy atom. The first-order valence-electron chi connectivity index (χ1n) is 19.4. The molecule has 0 unspecified atom stereocenters. The van der Waals surface area contributed by atoms with Crippen molar-refractivity contribution in [1.29, 1.82) is 0 Å². The molecule has 0 bridgehead atoms. The fourth-order valence-corrected chi connectivity index (χ4v) is 7.67. The number of rotatable bonds is 14. The minimum atomic E-state index is -0.568. The summed E-state index contributed by atoms with van der Waals surface area (Å²) in [5, 5.41) is 3.32. The van der Waals surface area contributed by atoms with Crippen molar-refractivity contribution in [1.82, 2.24) is 39.7 Å². The number of H-pyrrole nitrogens is 2. The SMILES string of the molecule is COO/C=N\[C@H](C(=O)N1CCC[C@H]1c1ncc(-c2ccc(-c3ccc(-c4cnc([C@@H]5CCCN5C(=O)[C@@H](Nc5ccncn5)C(C)C)[nH]4)cc3)cc2)[nH]1)C(C)C. The van der Waals surface area contributed by atoms with E-state index in [2.05, 4.69) is 83.7 Å². The van der Waals surface area contributed by atoms with Crippen LogP contribution in [-0.4, -0.2) is 90.2 Å². The maximum Gasteiger partial charge on any atom is 0.248 e. The van der Waals surface area contributed by atoms with Gasteiger partial charge in [0.25, 0.3) is 0 Å². The smallest absolute Gasteiger partial charge is 0.248 e. The molecule has 2 aromatic carbocycles. The van der Waals surface area contributed by atoms with Gasteiger partial charge >= 0.3 is 0 Å². The van der Waals surface area contributed by atoms with Crippen molar-refractivity contribution in [2.45, 2.75) is 77.5 Å². The van der Waals surface area contributed by atoms with Crippen LogP contribution in [0.15, 0.2) is 84.5 Å². The standard InChI is InChI=1S/C42H50N10O4/c1-26(2)37(47-25-56-55-5)41(53)51-20-6-8-34(51)39-44-22-32(48-39)30-14-10-28(11-15-30)29-12-16-31(17-13-29)33-23-45-40(49-33)35-9-7-21-52(35)42(54)38(27(3)4)50-36-18-19-43-24-46-36/h10-19,22-27,34-35,37-38H,6-9,20-21H2,1-5H3,(H,44,48)(H,45,49)(H,43,46,50)/b47-25-/t34-,35-,37-,38-/m0/s1. The van der Waals surface area contributed by atoms with Crippen LogP contribution in [0.1, 0.15) is 77.1 Å². The van der Waals surface area contributed by atoms with Crippen molar-refractivity contribution in [3.05, 3.63) is 91.2 Å². The van der Waals surface area contributed by atoms with E-state index >= 15 is 0 Å². The summed E-state index contributed by atoms with van der Waals surface area (Å²) in [4.78, 5) is 69.6. The molecule has 3 aromatic heterocycles. The van der Waals surface area contributed by atoms with Crippen LogP contribution in [-0.2, 0) is 19.4 Å². The molecule has 56 heavy (non-hydrogen) atoms. The quantitative estimate of drug-likeness (QED) is 0.0467. The number of carbonyl (C=O) groups excluding carboxylic acids is 2. The van der Waals surface area contributed by atoms with Crippen molar-refractivity contribution in [3.63, 3.8) is 0 Å². The number of aromatic amines is 2. The van der Waals surface area contributed by atoms with Crippen LogP contribution in [0, 0.1) is 11.8 Å². The number of aliphatic imine (C=N–C) groups is 1. The lowest BCUT2D eigenvalue weighted by atomic mass is 10.0. The summed E-state index contributed by atoms with van der Waals surface area (Å²) in [6.07, 6.45) is 11.5. The van der Waals surface area contributed by atoms with E-state index in [9.17, 15) is 9.59 Å². The second-order valence-corrected chi connectivity index (χ2v) is 15.1. The molecule has 14 heteroatoms. The summed E-state index contributed by atoms with van der Waals surface area (Å²) in [6, 6.07) is 17.3. The molecular formula is C42H50N10O4. The molecule has 2 amide bonds. The van der Waals surface area contributed by atoms with Crippen molar-refractivity contribution in [2.24, 2.45) is 16.8 Å². The van der Waals surface area contributed by atoms with Crippen molar-refractivity contribution in [3.8, 4) is 33.6 Å². The summed E-state index contributed by atoms with van der Waals surface area (Å²) in [5.74, 6) is 2.27. The number of likely N-dealkylation sites (tertiary alicyclic amines) is 2. The normalized spacial score (nSPS) is 18.3. The number of hydrogen-bond donors (Lipinski definition) is 3. The van der Waals surface area contributed by atoms with Gasteiger partial charge in [0.05, 0.1) is 43.0 Å². The number of anilines is 1. The topological polar surface area (TPSA) is 167 Å². The number of nitrogens with zero attached hydrogens (tertiary/aromatic N) is 7. The molecule has 0 radical (unpaired) electrons. The molecule has 2 saturated heterocycles. The molecule has 2 aliphatic rings. The molecule has 7 rings (SSSR count). The number of hydrogen-bond acceptors (Lipinski definition) is 10. The average molecular weight is 759 g/mol. The molecule has 14 nitrogen and oxygen atoms in total. The maximum absolute atomic E-state index is 13.8. The Balaban J connectivity index is 0.996. The number of carbonyl (C=O) groups is 2. The summed E-state index contributed by atoms with van der Waals surface area (Å²) >= 11 is 0. The lowest BCUT2D eigenvalue weighted by Crippen LogP contribution is -2.45. The highest BCUT2D eigenvalue weighted by molar-refractivity contribution is 5.85. The van der Waals surface area contributed by atoms with Crippen LogP contribution >= 0.6 is 0 Å². The predicted octanol–water partition coefficient (Wildman–Crippen LogP) is 7.02. The van der Waals surface area contributed by atoms with E-state index in [4.69, 9.17) is 14.9 Å². The van der Waals surface area contributed by atoms with Crippen LogP contribution in [0.2, 0.25) is 0 Å². The third-order valence-electron chi connectivity index (χ3n) is 10.7. The lowest BCUT2D eigenvalue weighted by molar-refractivity contribution is -0.188. The van der Waals surface area contributed by atoms with Gasteiger partial charge < -0.3 is 30.0 Å². The fraction of sp³-hybridized carbons (Fsp3) is 0.405. The number of imidazole rings is 2. The van der Waals surface area contributed by atoms with Gasteiger partial charge in [0, 0.05) is 19.3 Å². The Morgan fingerprint density at radius 1 is 0.768 bits per heavy atom. The maximum atomic E-state index is 13.8. The lowest BCUT2D eigenvalue weighted by Gasteiger charge is -2.30. The van der Waals surface area contributed by atoms with Crippen LogP contribution in [0.4, 0.5) is 5.82 Å². The van der Waals surface area contributed by atoms with Gasteiger partial charge in [0.2, 0.25) is 18.2 Å². The first-order valence-corrected chi connectivity index (χ1v) is 19.4. The summed E-state index contributed by atoms with van der Waals surface area (Å²) in [5.41, 5.74) is 6.01.